The van der Waals surface area contributed by atoms with E-state index in [2.05, 4.69) is 0 Å². The van der Waals surface area contributed by atoms with Crippen molar-refractivity contribution in [2.24, 2.45) is 0 Å². The Bertz CT molecular complexity index is 470. The lowest BCUT2D eigenvalue weighted by Crippen LogP contribution is -2.22. The molecule has 1 aromatic rings. The zero-order valence-corrected chi connectivity index (χ0v) is 9.75. The lowest BCUT2D eigenvalue weighted by Gasteiger charge is -2.27. The number of aliphatic carboxylic acids is 1. The van der Waals surface area contributed by atoms with E-state index < -0.39 is 5.97 Å². The number of fused-ring (bicyclic) bond motifs is 1. The van der Waals surface area contributed by atoms with Gasteiger partial charge >= 0.3 is 5.97 Å². The normalized spacial score (nSPS) is 14.8. The standard InChI is InChI=1S/C11H11NO3S/c1-12-9(11(13)14)10(15-2)7-5-3-4-6-8(7)16-12/h3-6H,1-2H3,(H,13,14). The van der Waals surface area contributed by atoms with Crippen LogP contribution in [0.25, 0.3) is 5.76 Å². The molecular weight excluding hydrogens is 226 g/mol. The fourth-order valence-corrected chi connectivity index (χ4v) is 2.58. The zero-order valence-electron chi connectivity index (χ0n) is 8.93. The van der Waals surface area contributed by atoms with Gasteiger partial charge in [0.2, 0.25) is 0 Å². The summed E-state index contributed by atoms with van der Waals surface area (Å²) in [6.45, 7) is 0. The summed E-state index contributed by atoms with van der Waals surface area (Å²) in [4.78, 5) is 12.1. The van der Waals surface area contributed by atoms with Gasteiger partial charge in [0.1, 0.15) is 0 Å². The fraction of sp³-hybridized carbons (Fsp3) is 0.182. The maximum atomic E-state index is 11.2. The van der Waals surface area contributed by atoms with Crippen LogP contribution in [0, 0.1) is 0 Å². The van der Waals surface area contributed by atoms with Crippen LogP contribution in [0.5, 0.6) is 0 Å². The average Bonchev–Trinajstić information content (AvgIpc) is 2.26. The van der Waals surface area contributed by atoms with Crippen LogP contribution in [0.2, 0.25) is 0 Å². The summed E-state index contributed by atoms with van der Waals surface area (Å²) in [6.07, 6.45) is 0. The first kappa shape index (κ1) is 10.9. The second-order valence-corrected chi connectivity index (χ2v) is 4.44. The summed E-state index contributed by atoms with van der Waals surface area (Å²) in [7, 11) is 3.20. The Labute approximate surface area is 97.6 Å². The molecule has 16 heavy (non-hydrogen) atoms. The van der Waals surface area contributed by atoms with Crippen molar-refractivity contribution < 1.29 is 14.6 Å². The Balaban J connectivity index is 2.64. The van der Waals surface area contributed by atoms with Gasteiger partial charge in [0.05, 0.1) is 7.11 Å². The Hall–Kier alpha value is -1.62. The predicted octanol–water partition coefficient (Wildman–Crippen LogP) is 2.04. The molecular formula is C11H11NO3S. The molecule has 4 nitrogen and oxygen atoms in total. The minimum Gasteiger partial charge on any atom is -0.494 e. The molecule has 0 atom stereocenters. The summed E-state index contributed by atoms with van der Waals surface area (Å²) >= 11 is 1.38. The number of benzene rings is 1. The molecule has 0 saturated carbocycles. The lowest BCUT2D eigenvalue weighted by molar-refractivity contribution is -0.133. The van der Waals surface area contributed by atoms with Crippen molar-refractivity contribution >= 4 is 23.7 Å². The van der Waals surface area contributed by atoms with E-state index in [-0.39, 0.29) is 5.70 Å². The van der Waals surface area contributed by atoms with E-state index in [0.29, 0.717) is 5.76 Å². The summed E-state index contributed by atoms with van der Waals surface area (Å²) in [5.41, 5.74) is 0.997. The smallest absolute Gasteiger partial charge is 0.356 e. The molecule has 0 aliphatic carbocycles. The molecule has 2 rings (SSSR count). The first-order valence-electron chi connectivity index (χ1n) is 4.67. The first-order valence-corrected chi connectivity index (χ1v) is 5.45. The summed E-state index contributed by atoms with van der Waals surface area (Å²) in [6, 6.07) is 7.58. The third-order valence-electron chi connectivity index (χ3n) is 2.30. The van der Waals surface area contributed by atoms with Crippen LogP contribution in [-0.4, -0.2) is 29.5 Å². The van der Waals surface area contributed by atoms with Crippen molar-refractivity contribution in [1.29, 1.82) is 0 Å². The molecule has 1 N–H and O–H groups in total. The van der Waals surface area contributed by atoms with Gasteiger partial charge in [-0.2, -0.15) is 0 Å². The number of hydrogen-bond acceptors (Lipinski definition) is 4. The number of nitrogens with zero attached hydrogens (tertiary/aromatic N) is 1. The van der Waals surface area contributed by atoms with Crippen molar-refractivity contribution in [1.82, 2.24) is 4.31 Å². The highest BCUT2D eigenvalue weighted by Crippen LogP contribution is 2.39. The van der Waals surface area contributed by atoms with Crippen molar-refractivity contribution in [2.75, 3.05) is 14.2 Å². The SMILES string of the molecule is COC1=C(C(=O)O)N(C)Sc2ccccc21. The van der Waals surface area contributed by atoms with Crippen molar-refractivity contribution in [3.8, 4) is 0 Å². The molecule has 1 aliphatic heterocycles. The number of hydrogen-bond donors (Lipinski definition) is 1. The molecule has 1 heterocycles. The number of ether oxygens (including phenoxy) is 1. The maximum absolute atomic E-state index is 11.2. The topological polar surface area (TPSA) is 49.8 Å². The second kappa shape index (κ2) is 4.09. The molecule has 0 fully saturated rings. The van der Waals surface area contributed by atoms with E-state index in [9.17, 15) is 4.79 Å². The van der Waals surface area contributed by atoms with Gasteiger partial charge in [-0.15, -0.1) is 0 Å². The highest BCUT2D eigenvalue weighted by molar-refractivity contribution is 7.97. The number of likely N-dealkylation sites (N-methyl/N-ethyl adjacent to an activating group) is 1. The molecule has 5 heteroatoms. The summed E-state index contributed by atoms with van der Waals surface area (Å²) in [5, 5.41) is 9.14. The van der Waals surface area contributed by atoms with Gasteiger partial charge in [-0.05, 0) is 24.1 Å². The summed E-state index contributed by atoms with van der Waals surface area (Å²) < 4.78 is 6.81. The van der Waals surface area contributed by atoms with Crippen molar-refractivity contribution in [2.45, 2.75) is 4.90 Å². The largest absolute Gasteiger partial charge is 0.494 e. The molecule has 0 bridgehead atoms. The fourth-order valence-electron chi connectivity index (χ4n) is 1.64. The number of carboxylic acids is 1. The van der Waals surface area contributed by atoms with E-state index in [0.717, 1.165) is 10.5 Å². The Morgan fingerprint density at radius 1 is 1.44 bits per heavy atom. The van der Waals surface area contributed by atoms with E-state index in [4.69, 9.17) is 9.84 Å². The van der Waals surface area contributed by atoms with Gasteiger partial charge in [-0.25, -0.2) is 4.79 Å². The van der Waals surface area contributed by atoms with Crippen molar-refractivity contribution in [3.05, 3.63) is 35.5 Å². The maximum Gasteiger partial charge on any atom is 0.356 e. The van der Waals surface area contributed by atoms with E-state index in [1.54, 1.807) is 11.4 Å². The molecule has 0 radical (unpaired) electrons. The molecule has 0 aromatic heterocycles. The molecule has 0 spiro atoms. The highest BCUT2D eigenvalue weighted by Gasteiger charge is 2.28. The molecule has 0 unspecified atom stereocenters. The lowest BCUT2D eigenvalue weighted by atomic mass is 10.1. The molecule has 0 amide bonds. The van der Waals surface area contributed by atoms with Crippen LogP contribution in [0.15, 0.2) is 34.9 Å². The van der Waals surface area contributed by atoms with Crippen molar-refractivity contribution in [3.63, 3.8) is 0 Å². The van der Waals surface area contributed by atoms with Crippen LogP contribution in [0.4, 0.5) is 0 Å². The van der Waals surface area contributed by atoms with Crippen LogP contribution >= 0.6 is 11.9 Å². The van der Waals surface area contributed by atoms with E-state index in [1.807, 2.05) is 24.3 Å². The van der Waals surface area contributed by atoms with Gasteiger partial charge in [0, 0.05) is 17.5 Å². The minimum atomic E-state index is -0.985. The molecule has 84 valence electrons. The molecule has 0 saturated heterocycles. The third-order valence-corrected chi connectivity index (χ3v) is 3.31. The Morgan fingerprint density at radius 2 is 2.12 bits per heavy atom. The quantitative estimate of drug-likeness (QED) is 0.798. The number of carboxylic acid groups (broad SMARTS) is 1. The monoisotopic (exact) mass is 237 g/mol. The Morgan fingerprint density at radius 3 is 2.75 bits per heavy atom. The molecule has 1 aromatic carbocycles. The number of methoxy groups -OCH3 is 1. The van der Waals surface area contributed by atoms with Gasteiger partial charge < -0.3 is 14.1 Å². The molecule has 1 aliphatic rings. The highest BCUT2D eigenvalue weighted by atomic mass is 32.2. The van der Waals surface area contributed by atoms with Crippen LogP contribution in [-0.2, 0) is 9.53 Å². The van der Waals surface area contributed by atoms with Gasteiger partial charge in [0.15, 0.2) is 11.5 Å². The Kier molecular flexibility index (Phi) is 2.78. The van der Waals surface area contributed by atoms with Crippen LogP contribution in [0.3, 0.4) is 0 Å². The number of rotatable bonds is 2. The van der Waals surface area contributed by atoms with Gasteiger partial charge in [-0.3, -0.25) is 0 Å². The third kappa shape index (κ3) is 1.63. The van der Waals surface area contributed by atoms with Gasteiger partial charge in [0.25, 0.3) is 0 Å². The van der Waals surface area contributed by atoms with Crippen LogP contribution in [0.1, 0.15) is 5.56 Å². The predicted molar refractivity (Wildman–Crippen MR) is 61.6 cm³/mol. The summed E-state index contributed by atoms with van der Waals surface area (Å²) in [5.74, 6) is -0.578. The van der Waals surface area contributed by atoms with E-state index in [1.165, 1.54) is 19.1 Å². The minimum absolute atomic E-state index is 0.172. The van der Waals surface area contributed by atoms with E-state index >= 15 is 0 Å². The van der Waals surface area contributed by atoms with Gasteiger partial charge in [-0.1, -0.05) is 12.1 Å². The first-order chi connectivity index (χ1) is 7.65. The zero-order chi connectivity index (χ0) is 11.7. The van der Waals surface area contributed by atoms with Crippen LogP contribution < -0.4 is 0 Å². The number of carbonyl (C=O) groups is 1. The second-order valence-electron chi connectivity index (χ2n) is 3.27. The average molecular weight is 237 g/mol.